The Labute approximate surface area is 174 Å². The van der Waals surface area contributed by atoms with Crippen LogP contribution in [0.25, 0.3) is 0 Å². The van der Waals surface area contributed by atoms with Gasteiger partial charge in [0.25, 0.3) is 5.60 Å². The van der Waals surface area contributed by atoms with Crippen LogP contribution in [0.5, 0.6) is 0 Å². The molecule has 0 amide bonds. The Balaban J connectivity index is 3.99. The van der Waals surface area contributed by atoms with Gasteiger partial charge in [-0.1, -0.05) is 6.92 Å². The normalized spacial score (nSPS) is 27.6. The van der Waals surface area contributed by atoms with Crippen molar-refractivity contribution in [2.45, 2.75) is 74.6 Å². The highest BCUT2D eigenvalue weighted by Gasteiger charge is 2.97. The van der Waals surface area contributed by atoms with E-state index in [0.29, 0.717) is 13.8 Å². The summed E-state index contributed by atoms with van der Waals surface area (Å²) in [5, 5.41) is 9.18. The maximum Gasteiger partial charge on any atom is 0.460 e. The number of ether oxygens (including phenoxy) is 2. The van der Waals surface area contributed by atoms with Gasteiger partial charge in [-0.15, -0.1) is 0 Å². The molecule has 0 aromatic rings. The zero-order valence-electron chi connectivity index (χ0n) is 16.4. The quantitative estimate of drug-likeness (QED) is 0.389. The summed E-state index contributed by atoms with van der Waals surface area (Å²) in [6, 6.07) is 0. The number of carbonyl (C=O) groups excluding carboxylic acids is 1. The maximum atomic E-state index is 14.7. The fourth-order valence-corrected chi connectivity index (χ4v) is 2.44. The zero-order valence-corrected chi connectivity index (χ0v) is 16.4. The Kier molecular flexibility index (Phi) is 6.65. The first kappa shape index (κ1) is 29.4. The van der Waals surface area contributed by atoms with E-state index in [9.17, 15) is 71.4 Å². The molecule has 0 bridgehead atoms. The van der Waals surface area contributed by atoms with E-state index in [1.165, 1.54) is 0 Å². The van der Waals surface area contributed by atoms with E-state index in [0.717, 1.165) is 6.92 Å². The molecular weight excluding hydrogens is 510 g/mol. The predicted octanol–water partition coefficient (Wildman–Crippen LogP) is 5.09. The molecule has 2 unspecified atom stereocenters. The van der Waals surface area contributed by atoms with Crippen molar-refractivity contribution in [3.05, 3.63) is 0 Å². The molecule has 1 saturated heterocycles. The fraction of sp³-hybridized carbons (Fsp3) is 0.933. The second kappa shape index (κ2) is 7.45. The summed E-state index contributed by atoms with van der Waals surface area (Å²) < 4.78 is 196. The van der Waals surface area contributed by atoms with Crippen LogP contribution in [0, 0.1) is 5.41 Å². The third-order valence-corrected chi connectivity index (χ3v) is 5.16. The van der Waals surface area contributed by atoms with Gasteiger partial charge in [-0.05, 0) is 20.3 Å². The van der Waals surface area contributed by atoms with Crippen molar-refractivity contribution < 1.29 is 80.8 Å². The van der Waals surface area contributed by atoms with Gasteiger partial charge in [0.1, 0.15) is 6.61 Å². The van der Waals surface area contributed by atoms with Gasteiger partial charge in [-0.25, -0.2) is 0 Å². The monoisotopic (exact) mass is 524 g/mol. The van der Waals surface area contributed by atoms with Crippen LogP contribution in [0.3, 0.4) is 0 Å². The summed E-state index contributed by atoms with van der Waals surface area (Å²) in [5.41, 5.74) is -8.41. The van der Waals surface area contributed by atoms with E-state index in [2.05, 4.69) is 9.47 Å². The van der Waals surface area contributed by atoms with Crippen LogP contribution in [0.1, 0.15) is 27.2 Å². The number of alkyl halides is 14. The summed E-state index contributed by atoms with van der Waals surface area (Å²) in [7, 11) is 0. The van der Waals surface area contributed by atoms with E-state index in [1.807, 2.05) is 0 Å². The van der Waals surface area contributed by atoms with Crippen molar-refractivity contribution in [2.75, 3.05) is 6.61 Å². The molecule has 0 aliphatic carbocycles. The number of rotatable bonds is 6. The Morgan fingerprint density at radius 3 is 1.64 bits per heavy atom. The van der Waals surface area contributed by atoms with Crippen molar-refractivity contribution in [1.29, 1.82) is 0 Å². The number of hydrogen-bond acceptors (Lipinski definition) is 4. The minimum absolute atomic E-state index is 0.557. The number of aliphatic hydroxyl groups is 1. The lowest BCUT2D eigenvalue weighted by atomic mass is 9.80. The zero-order chi connectivity index (χ0) is 26.9. The SMILES string of the molecule is CCC(C)(C)C(=O)OC1(C(F)(F)C(F)(F)C(F)(F)C(F)(F)F)COC(O)(C(F)(F)F)C1(F)F. The molecule has 18 heteroatoms. The minimum Gasteiger partial charge on any atom is -0.443 e. The van der Waals surface area contributed by atoms with Crippen LogP contribution in [0.4, 0.5) is 61.5 Å². The van der Waals surface area contributed by atoms with Crippen LogP contribution in [-0.4, -0.2) is 65.1 Å². The van der Waals surface area contributed by atoms with Crippen LogP contribution in [-0.2, 0) is 14.3 Å². The Hall–Kier alpha value is -1.59. The van der Waals surface area contributed by atoms with Gasteiger partial charge < -0.3 is 14.6 Å². The van der Waals surface area contributed by atoms with E-state index >= 15 is 0 Å². The first-order valence-electron chi connectivity index (χ1n) is 8.39. The third kappa shape index (κ3) is 3.61. The summed E-state index contributed by atoms with van der Waals surface area (Å²) in [5.74, 6) is -38.9. The van der Waals surface area contributed by atoms with Crippen molar-refractivity contribution in [2.24, 2.45) is 5.41 Å². The lowest BCUT2D eigenvalue weighted by molar-refractivity contribution is -0.445. The molecule has 0 aromatic carbocycles. The molecule has 1 aliphatic heterocycles. The molecule has 1 rings (SSSR count). The van der Waals surface area contributed by atoms with Gasteiger partial charge in [-0.2, -0.15) is 61.5 Å². The standard InChI is InChI=1S/C15H14F14O4/c1-4-7(2,3)6(30)33-8(5-32-13(31,10(8,18)19)15(27,28)29)9(16,17)11(20,21)12(22,23)14(24,25)26/h31H,4-5H2,1-3H3. The molecule has 4 nitrogen and oxygen atoms in total. The molecule has 2 atom stereocenters. The largest absolute Gasteiger partial charge is 0.460 e. The first-order chi connectivity index (χ1) is 14.1. The van der Waals surface area contributed by atoms with Crippen molar-refractivity contribution in [3.8, 4) is 0 Å². The molecule has 196 valence electrons. The van der Waals surface area contributed by atoms with Gasteiger partial charge in [0, 0.05) is 0 Å². The number of halogens is 14. The topological polar surface area (TPSA) is 55.8 Å². The summed E-state index contributed by atoms with van der Waals surface area (Å²) in [6.45, 7) is -0.813. The molecule has 0 radical (unpaired) electrons. The Morgan fingerprint density at radius 1 is 0.909 bits per heavy atom. The van der Waals surface area contributed by atoms with Gasteiger partial charge in [0.15, 0.2) is 0 Å². The van der Waals surface area contributed by atoms with Gasteiger partial charge in [0.2, 0.25) is 0 Å². The van der Waals surface area contributed by atoms with Crippen LogP contribution < -0.4 is 0 Å². The molecule has 1 aliphatic rings. The Morgan fingerprint density at radius 2 is 1.33 bits per heavy atom. The van der Waals surface area contributed by atoms with Crippen LogP contribution in [0.15, 0.2) is 0 Å². The predicted molar refractivity (Wildman–Crippen MR) is 75.7 cm³/mol. The first-order valence-corrected chi connectivity index (χ1v) is 8.39. The molecule has 1 N–H and O–H groups in total. The molecule has 0 spiro atoms. The van der Waals surface area contributed by atoms with Gasteiger partial charge in [0.05, 0.1) is 5.41 Å². The lowest BCUT2D eigenvalue weighted by Crippen LogP contribution is -2.77. The van der Waals surface area contributed by atoms with E-state index in [1.54, 1.807) is 0 Å². The molecule has 1 fully saturated rings. The fourth-order valence-electron chi connectivity index (χ4n) is 2.44. The smallest absolute Gasteiger partial charge is 0.443 e. The summed E-state index contributed by atoms with van der Waals surface area (Å²) in [6.07, 6.45) is -14.9. The molecular formula is C15H14F14O4. The number of carbonyl (C=O) groups is 1. The van der Waals surface area contributed by atoms with E-state index in [-0.39, 0.29) is 0 Å². The van der Waals surface area contributed by atoms with Gasteiger partial charge >= 0.3 is 47.8 Å². The third-order valence-electron chi connectivity index (χ3n) is 5.16. The lowest BCUT2D eigenvalue weighted by Gasteiger charge is -2.46. The molecule has 0 saturated carbocycles. The average molecular weight is 524 g/mol. The summed E-state index contributed by atoms with van der Waals surface area (Å²) >= 11 is 0. The van der Waals surface area contributed by atoms with E-state index in [4.69, 9.17) is 0 Å². The minimum atomic E-state index is -7.95. The second-order valence-corrected chi connectivity index (χ2v) is 7.68. The number of esters is 1. The highest BCUT2D eigenvalue weighted by molar-refractivity contribution is 5.76. The van der Waals surface area contributed by atoms with Crippen LogP contribution in [0.2, 0.25) is 0 Å². The maximum absolute atomic E-state index is 14.7. The Bertz CT molecular complexity index is 772. The average Bonchev–Trinajstić information content (AvgIpc) is 2.82. The highest BCUT2D eigenvalue weighted by Crippen LogP contribution is 2.65. The number of hydrogen-bond donors (Lipinski definition) is 1. The van der Waals surface area contributed by atoms with E-state index < -0.39 is 71.8 Å². The molecule has 0 aromatic heterocycles. The van der Waals surface area contributed by atoms with Crippen molar-refractivity contribution in [1.82, 2.24) is 0 Å². The molecule has 1 heterocycles. The van der Waals surface area contributed by atoms with Crippen molar-refractivity contribution >= 4 is 5.97 Å². The van der Waals surface area contributed by atoms with Crippen molar-refractivity contribution in [3.63, 3.8) is 0 Å². The summed E-state index contributed by atoms with van der Waals surface area (Å²) in [4.78, 5) is 12.1. The highest BCUT2D eigenvalue weighted by atomic mass is 19.4. The second-order valence-electron chi connectivity index (χ2n) is 7.68. The van der Waals surface area contributed by atoms with Crippen LogP contribution >= 0.6 is 0 Å². The molecule has 33 heavy (non-hydrogen) atoms. The van der Waals surface area contributed by atoms with Gasteiger partial charge in [-0.3, -0.25) is 4.79 Å².